The molecule has 0 fully saturated rings. The number of carboxylic acids is 1. The Labute approximate surface area is 103 Å². The Morgan fingerprint density at radius 3 is 2.71 bits per heavy atom. The first kappa shape index (κ1) is 13.4. The number of benzene rings is 1. The van der Waals surface area contributed by atoms with Gasteiger partial charge in [0.1, 0.15) is 5.56 Å². The highest BCUT2D eigenvalue weighted by molar-refractivity contribution is 7.98. The molecule has 92 valence electrons. The Kier molecular flexibility index (Phi) is 4.84. The average Bonchev–Trinajstić information content (AvgIpc) is 2.28. The largest absolute Gasteiger partial charge is 0.505 e. The van der Waals surface area contributed by atoms with Gasteiger partial charge in [-0.25, -0.2) is 4.79 Å². The number of carbonyl (C=O) groups is 2. The van der Waals surface area contributed by atoms with Crippen LogP contribution in [0.2, 0.25) is 0 Å². The van der Waals surface area contributed by atoms with Crippen molar-refractivity contribution in [2.24, 2.45) is 0 Å². The van der Waals surface area contributed by atoms with Crippen LogP contribution in [0.5, 0.6) is 5.75 Å². The minimum atomic E-state index is -1.23. The molecule has 0 atom stereocenters. The van der Waals surface area contributed by atoms with Crippen LogP contribution in [0.3, 0.4) is 0 Å². The number of aromatic hydroxyl groups is 1. The zero-order valence-corrected chi connectivity index (χ0v) is 10.1. The van der Waals surface area contributed by atoms with E-state index in [9.17, 15) is 14.7 Å². The molecule has 0 aliphatic carbocycles. The standard InChI is InChI=1S/C11H13NO4S/c1-17-6-5-9(13)12-8-4-2-3-7(10(8)14)11(15)16/h2-4,14H,5-6H2,1H3,(H,12,13)(H,15,16). The molecule has 6 heteroatoms. The topological polar surface area (TPSA) is 86.6 Å². The molecular formula is C11H13NO4S. The fraction of sp³-hybridized carbons (Fsp3) is 0.273. The summed E-state index contributed by atoms with van der Waals surface area (Å²) in [7, 11) is 0. The summed E-state index contributed by atoms with van der Waals surface area (Å²) in [6.45, 7) is 0. The molecule has 3 N–H and O–H groups in total. The first-order valence-corrected chi connectivity index (χ1v) is 6.29. The number of anilines is 1. The number of nitrogens with one attached hydrogen (secondary N) is 1. The molecule has 1 rings (SSSR count). The molecule has 1 amide bonds. The van der Waals surface area contributed by atoms with Crippen molar-refractivity contribution in [3.63, 3.8) is 0 Å². The molecule has 0 aliphatic rings. The summed E-state index contributed by atoms with van der Waals surface area (Å²) in [5.74, 6) is -1.23. The summed E-state index contributed by atoms with van der Waals surface area (Å²) >= 11 is 1.54. The van der Waals surface area contributed by atoms with E-state index in [1.165, 1.54) is 30.0 Å². The lowest BCUT2D eigenvalue weighted by atomic mass is 10.1. The van der Waals surface area contributed by atoms with Crippen LogP contribution in [0.15, 0.2) is 18.2 Å². The van der Waals surface area contributed by atoms with E-state index in [-0.39, 0.29) is 17.2 Å². The van der Waals surface area contributed by atoms with E-state index in [1.807, 2.05) is 6.26 Å². The van der Waals surface area contributed by atoms with Crippen LogP contribution >= 0.6 is 11.8 Å². The van der Waals surface area contributed by atoms with E-state index in [1.54, 1.807) is 0 Å². The molecule has 0 saturated carbocycles. The van der Waals surface area contributed by atoms with Crippen molar-refractivity contribution in [3.8, 4) is 5.75 Å². The molecule has 5 nitrogen and oxygen atoms in total. The molecule has 1 aromatic rings. The monoisotopic (exact) mass is 255 g/mol. The second kappa shape index (κ2) is 6.15. The van der Waals surface area contributed by atoms with Crippen LogP contribution in [0, 0.1) is 0 Å². The van der Waals surface area contributed by atoms with Gasteiger partial charge < -0.3 is 15.5 Å². The summed E-state index contributed by atoms with van der Waals surface area (Å²) in [6.07, 6.45) is 2.20. The van der Waals surface area contributed by atoms with Crippen molar-refractivity contribution in [1.29, 1.82) is 0 Å². The van der Waals surface area contributed by atoms with Gasteiger partial charge in [0.2, 0.25) is 5.91 Å². The Bertz CT molecular complexity index is 433. The first-order valence-electron chi connectivity index (χ1n) is 4.90. The lowest BCUT2D eigenvalue weighted by Gasteiger charge is -2.08. The lowest BCUT2D eigenvalue weighted by molar-refractivity contribution is -0.115. The Morgan fingerprint density at radius 1 is 1.41 bits per heavy atom. The Hall–Kier alpha value is -1.69. The molecule has 0 unspecified atom stereocenters. The van der Waals surface area contributed by atoms with Crippen molar-refractivity contribution in [1.82, 2.24) is 0 Å². The van der Waals surface area contributed by atoms with E-state index in [4.69, 9.17) is 5.11 Å². The predicted octanol–water partition coefficient (Wildman–Crippen LogP) is 1.78. The fourth-order valence-electron chi connectivity index (χ4n) is 1.22. The van der Waals surface area contributed by atoms with Crippen molar-refractivity contribution in [2.75, 3.05) is 17.3 Å². The van der Waals surface area contributed by atoms with Crippen LogP contribution in [-0.2, 0) is 4.79 Å². The molecule has 0 bridgehead atoms. The van der Waals surface area contributed by atoms with Crippen LogP contribution in [-0.4, -0.2) is 34.1 Å². The number of amides is 1. The molecule has 17 heavy (non-hydrogen) atoms. The maximum Gasteiger partial charge on any atom is 0.339 e. The van der Waals surface area contributed by atoms with Gasteiger partial charge in [-0.15, -0.1) is 0 Å². The van der Waals surface area contributed by atoms with E-state index >= 15 is 0 Å². The molecule has 1 aromatic carbocycles. The predicted molar refractivity (Wildman–Crippen MR) is 66.7 cm³/mol. The lowest BCUT2D eigenvalue weighted by Crippen LogP contribution is -2.13. The van der Waals surface area contributed by atoms with Crippen LogP contribution < -0.4 is 5.32 Å². The van der Waals surface area contributed by atoms with Crippen molar-refractivity contribution in [3.05, 3.63) is 23.8 Å². The summed E-state index contributed by atoms with van der Waals surface area (Å²) < 4.78 is 0. The van der Waals surface area contributed by atoms with E-state index in [0.717, 1.165) is 0 Å². The van der Waals surface area contributed by atoms with Crippen molar-refractivity contribution < 1.29 is 19.8 Å². The normalized spacial score (nSPS) is 9.94. The highest BCUT2D eigenvalue weighted by atomic mass is 32.2. The maximum atomic E-state index is 11.4. The molecule has 0 spiro atoms. The second-order valence-corrected chi connectivity index (χ2v) is 4.28. The van der Waals surface area contributed by atoms with Gasteiger partial charge in [-0.3, -0.25) is 4.79 Å². The number of hydrogen-bond acceptors (Lipinski definition) is 4. The number of phenols is 1. The Balaban J connectivity index is 2.81. The number of hydrogen-bond donors (Lipinski definition) is 3. The molecule has 0 saturated heterocycles. The number of carbonyl (C=O) groups excluding carboxylic acids is 1. The third kappa shape index (κ3) is 3.67. The van der Waals surface area contributed by atoms with Gasteiger partial charge in [0.15, 0.2) is 5.75 Å². The minimum absolute atomic E-state index is 0.121. The smallest absolute Gasteiger partial charge is 0.339 e. The van der Waals surface area contributed by atoms with Gasteiger partial charge in [-0.05, 0) is 18.4 Å². The number of rotatable bonds is 5. The third-order valence-corrected chi connectivity index (χ3v) is 2.69. The molecule has 0 radical (unpaired) electrons. The molecule has 0 aromatic heterocycles. The summed E-state index contributed by atoms with van der Waals surface area (Å²) in [5, 5.41) is 20.9. The minimum Gasteiger partial charge on any atom is -0.505 e. The number of para-hydroxylation sites is 1. The van der Waals surface area contributed by atoms with E-state index < -0.39 is 11.7 Å². The number of aromatic carboxylic acids is 1. The van der Waals surface area contributed by atoms with Crippen LogP contribution in [0.25, 0.3) is 0 Å². The van der Waals surface area contributed by atoms with Gasteiger partial charge in [0.25, 0.3) is 0 Å². The van der Waals surface area contributed by atoms with Gasteiger partial charge in [0.05, 0.1) is 5.69 Å². The van der Waals surface area contributed by atoms with E-state index in [0.29, 0.717) is 12.2 Å². The molecule has 0 heterocycles. The third-order valence-electron chi connectivity index (χ3n) is 2.07. The maximum absolute atomic E-state index is 11.4. The van der Waals surface area contributed by atoms with Crippen molar-refractivity contribution in [2.45, 2.75) is 6.42 Å². The van der Waals surface area contributed by atoms with Crippen molar-refractivity contribution >= 4 is 29.3 Å². The zero-order chi connectivity index (χ0) is 12.8. The summed E-state index contributed by atoms with van der Waals surface area (Å²) in [5.41, 5.74) is -0.108. The second-order valence-electron chi connectivity index (χ2n) is 3.30. The van der Waals surface area contributed by atoms with Gasteiger partial charge in [0, 0.05) is 12.2 Å². The van der Waals surface area contributed by atoms with Crippen LogP contribution in [0.4, 0.5) is 5.69 Å². The molecule has 0 aliphatic heterocycles. The fourth-order valence-corrected chi connectivity index (χ4v) is 1.61. The highest BCUT2D eigenvalue weighted by Crippen LogP contribution is 2.27. The number of thioether (sulfide) groups is 1. The van der Waals surface area contributed by atoms with E-state index in [2.05, 4.69) is 5.32 Å². The summed E-state index contributed by atoms with van der Waals surface area (Å²) in [4.78, 5) is 22.2. The SMILES string of the molecule is CSCCC(=O)Nc1cccc(C(=O)O)c1O. The first-order chi connectivity index (χ1) is 8.06. The summed E-state index contributed by atoms with van der Waals surface area (Å²) in [6, 6.07) is 4.20. The highest BCUT2D eigenvalue weighted by Gasteiger charge is 2.14. The Morgan fingerprint density at radius 2 is 2.12 bits per heavy atom. The van der Waals surface area contributed by atoms with Gasteiger partial charge >= 0.3 is 5.97 Å². The zero-order valence-electron chi connectivity index (χ0n) is 9.27. The van der Waals surface area contributed by atoms with Gasteiger partial charge in [-0.1, -0.05) is 6.07 Å². The van der Waals surface area contributed by atoms with Gasteiger partial charge in [-0.2, -0.15) is 11.8 Å². The van der Waals surface area contributed by atoms with Crippen LogP contribution in [0.1, 0.15) is 16.8 Å². The quantitative estimate of drug-likeness (QED) is 0.698. The average molecular weight is 255 g/mol. The number of carboxylic acid groups (broad SMARTS) is 1. The molecular weight excluding hydrogens is 242 g/mol.